The van der Waals surface area contributed by atoms with E-state index in [4.69, 9.17) is 4.98 Å². The highest BCUT2D eigenvalue weighted by atomic mass is 16.2. The van der Waals surface area contributed by atoms with Crippen molar-refractivity contribution in [1.82, 2.24) is 24.4 Å². The summed E-state index contributed by atoms with van der Waals surface area (Å²) in [7, 11) is 0. The summed E-state index contributed by atoms with van der Waals surface area (Å²) < 4.78 is 3.55. The molecule has 1 aliphatic rings. The predicted molar refractivity (Wildman–Crippen MR) is 125 cm³/mol. The van der Waals surface area contributed by atoms with Crippen molar-refractivity contribution in [1.29, 1.82) is 0 Å². The number of H-pyrrole nitrogens is 1. The number of rotatable bonds is 6. The number of hydrogen-bond acceptors (Lipinski definition) is 5. The number of aryl methyl sites for hydroxylation is 2. The lowest BCUT2D eigenvalue weighted by molar-refractivity contribution is 0.566. The largest absolute Gasteiger partial charge is 0.340 e. The first kappa shape index (κ1) is 20.3. The lowest BCUT2D eigenvalue weighted by atomic mass is 10.1. The summed E-state index contributed by atoms with van der Waals surface area (Å²) >= 11 is 0. The van der Waals surface area contributed by atoms with E-state index in [1.54, 1.807) is 4.57 Å². The number of hydrogen-bond donors (Lipinski definition) is 2. The van der Waals surface area contributed by atoms with Crippen molar-refractivity contribution in [3.8, 4) is 0 Å². The third kappa shape index (κ3) is 3.97. The van der Waals surface area contributed by atoms with Crippen LogP contribution < -0.4 is 21.5 Å². The fraction of sp³-hybridized carbons (Fsp3) is 0.292. The minimum absolute atomic E-state index is 0.351. The maximum Gasteiger partial charge on any atom is 0.330 e. The summed E-state index contributed by atoms with van der Waals surface area (Å²) in [6, 6.07) is 19.9. The molecule has 2 N–H and O–H groups in total. The molecule has 8 heteroatoms. The molecule has 1 fully saturated rings. The molecular formula is C24H26N6O2. The number of nitrogens with zero attached hydrogens (tertiary/aromatic N) is 4. The van der Waals surface area contributed by atoms with Gasteiger partial charge < -0.3 is 14.8 Å². The van der Waals surface area contributed by atoms with Crippen LogP contribution in [0.25, 0.3) is 11.2 Å². The van der Waals surface area contributed by atoms with E-state index in [-0.39, 0.29) is 0 Å². The van der Waals surface area contributed by atoms with E-state index in [0.717, 1.165) is 44.1 Å². The number of piperazine rings is 1. The number of imidazole rings is 1. The Labute approximate surface area is 185 Å². The van der Waals surface area contributed by atoms with E-state index in [0.29, 0.717) is 24.3 Å². The van der Waals surface area contributed by atoms with Gasteiger partial charge in [-0.2, -0.15) is 4.98 Å². The van der Waals surface area contributed by atoms with Gasteiger partial charge in [0.1, 0.15) is 0 Å². The fourth-order valence-corrected chi connectivity index (χ4v) is 4.28. The smallest absolute Gasteiger partial charge is 0.330 e. The SMILES string of the molecule is O=c1[nH]c(=O)n(Cc2ccccc2)c2nc(N3CCNCC3)n(CCc3ccccc3)c12. The molecule has 32 heavy (non-hydrogen) atoms. The van der Waals surface area contributed by atoms with Crippen molar-refractivity contribution in [3.05, 3.63) is 92.6 Å². The van der Waals surface area contributed by atoms with Crippen LogP contribution in [0.1, 0.15) is 11.1 Å². The summed E-state index contributed by atoms with van der Waals surface area (Å²) in [5.74, 6) is 0.746. The molecule has 0 atom stereocenters. The second-order valence-electron chi connectivity index (χ2n) is 8.04. The molecule has 5 rings (SSSR count). The number of aromatic amines is 1. The Bertz CT molecular complexity index is 1320. The second kappa shape index (κ2) is 8.84. The molecule has 0 saturated carbocycles. The first-order valence-electron chi connectivity index (χ1n) is 11.0. The van der Waals surface area contributed by atoms with Crippen molar-refractivity contribution in [2.45, 2.75) is 19.5 Å². The molecule has 1 aliphatic heterocycles. The molecule has 2 aromatic carbocycles. The Kier molecular flexibility index (Phi) is 5.60. The highest BCUT2D eigenvalue weighted by Gasteiger charge is 2.23. The number of nitrogens with one attached hydrogen (secondary N) is 2. The number of benzene rings is 2. The predicted octanol–water partition coefficient (Wildman–Crippen LogP) is 1.59. The molecule has 1 saturated heterocycles. The number of anilines is 1. The van der Waals surface area contributed by atoms with Crippen LogP contribution in [0.4, 0.5) is 5.95 Å². The molecule has 0 amide bonds. The third-order valence-electron chi connectivity index (χ3n) is 5.92. The Hall–Kier alpha value is -3.65. The summed E-state index contributed by atoms with van der Waals surface area (Å²) in [6.07, 6.45) is 0.767. The molecule has 0 radical (unpaired) electrons. The van der Waals surface area contributed by atoms with Gasteiger partial charge in [0, 0.05) is 32.7 Å². The quantitative estimate of drug-likeness (QED) is 0.485. The summed E-state index contributed by atoms with van der Waals surface area (Å²) in [4.78, 5) is 35.3. The van der Waals surface area contributed by atoms with Gasteiger partial charge in [-0.25, -0.2) is 4.79 Å². The zero-order valence-corrected chi connectivity index (χ0v) is 17.8. The lowest BCUT2D eigenvalue weighted by Gasteiger charge is -2.28. The first-order valence-corrected chi connectivity index (χ1v) is 11.0. The minimum Gasteiger partial charge on any atom is -0.340 e. The minimum atomic E-state index is -0.439. The maximum atomic E-state index is 13.0. The molecule has 0 bridgehead atoms. The van der Waals surface area contributed by atoms with E-state index >= 15 is 0 Å². The topological polar surface area (TPSA) is 87.9 Å². The molecule has 0 aliphatic carbocycles. The van der Waals surface area contributed by atoms with Crippen LogP contribution in [0, 0.1) is 0 Å². The van der Waals surface area contributed by atoms with E-state index in [1.165, 1.54) is 5.56 Å². The molecule has 4 aromatic rings. The van der Waals surface area contributed by atoms with Gasteiger partial charge in [0.15, 0.2) is 11.2 Å². The van der Waals surface area contributed by atoms with Crippen LogP contribution in [-0.2, 0) is 19.5 Å². The van der Waals surface area contributed by atoms with Crippen LogP contribution in [-0.4, -0.2) is 45.3 Å². The van der Waals surface area contributed by atoms with Crippen LogP contribution >= 0.6 is 0 Å². The average molecular weight is 431 g/mol. The highest BCUT2D eigenvalue weighted by Crippen LogP contribution is 2.21. The Morgan fingerprint density at radius 3 is 2.19 bits per heavy atom. The van der Waals surface area contributed by atoms with Gasteiger partial charge >= 0.3 is 5.69 Å². The zero-order valence-electron chi connectivity index (χ0n) is 17.8. The van der Waals surface area contributed by atoms with Gasteiger partial charge in [0.05, 0.1) is 6.54 Å². The highest BCUT2D eigenvalue weighted by molar-refractivity contribution is 5.74. The Morgan fingerprint density at radius 1 is 0.844 bits per heavy atom. The fourth-order valence-electron chi connectivity index (χ4n) is 4.28. The summed E-state index contributed by atoms with van der Waals surface area (Å²) in [5.41, 5.74) is 2.22. The monoisotopic (exact) mass is 430 g/mol. The Balaban J connectivity index is 1.64. The van der Waals surface area contributed by atoms with Gasteiger partial charge in [-0.1, -0.05) is 60.7 Å². The van der Waals surface area contributed by atoms with E-state index in [2.05, 4.69) is 27.3 Å². The molecular weight excluding hydrogens is 404 g/mol. The second-order valence-corrected chi connectivity index (χ2v) is 8.04. The number of fused-ring (bicyclic) bond motifs is 1. The van der Waals surface area contributed by atoms with Crippen molar-refractivity contribution in [3.63, 3.8) is 0 Å². The third-order valence-corrected chi connectivity index (χ3v) is 5.92. The molecule has 0 unspecified atom stereocenters. The van der Waals surface area contributed by atoms with Crippen LogP contribution in [0.2, 0.25) is 0 Å². The van der Waals surface area contributed by atoms with Gasteiger partial charge in [0.25, 0.3) is 5.56 Å². The maximum absolute atomic E-state index is 13.0. The van der Waals surface area contributed by atoms with Crippen LogP contribution in [0.3, 0.4) is 0 Å². The van der Waals surface area contributed by atoms with Crippen molar-refractivity contribution in [2.24, 2.45) is 0 Å². The zero-order chi connectivity index (χ0) is 21.9. The van der Waals surface area contributed by atoms with Gasteiger partial charge in [-0.15, -0.1) is 0 Å². The first-order chi connectivity index (χ1) is 15.7. The normalized spacial score (nSPS) is 14.2. The summed E-state index contributed by atoms with van der Waals surface area (Å²) in [5, 5.41) is 3.36. The average Bonchev–Trinajstić information content (AvgIpc) is 3.22. The van der Waals surface area contributed by atoms with Crippen molar-refractivity contribution >= 4 is 17.1 Å². The molecule has 0 spiro atoms. The van der Waals surface area contributed by atoms with E-state index in [1.807, 2.05) is 53.1 Å². The Morgan fingerprint density at radius 2 is 1.50 bits per heavy atom. The standard InChI is InChI=1S/C24H26N6O2/c31-22-20-21(30(24(32)27-22)17-19-9-5-2-6-10-19)26-23(28-15-12-25-13-16-28)29(20)14-11-18-7-3-1-4-8-18/h1-10,25H,11-17H2,(H,27,31,32). The molecule has 2 aromatic heterocycles. The van der Waals surface area contributed by atoms with Crippen molar-refractivity contribution < 1.29 is 0 Å². The lowest BCUT2D eigenvalue weighted by Crippen LogP contribution is -2.44. The molecule has 3 heterocycles. The van der Waals surface area contributed by atoms with Crippen LogP contribution in [0.15, 0.2) is 70.3 Å². The van der Waals surface area contributed by atoms with Gasteiger partial charge in [-0.05, 0) is 17.5 Å². The van der Waals surface area contributed by atoms with Crippen molar-refractivity contribution in [2.75, 3.05) is 31.1 Å². The number of aromatic nitrogens is 4. The van der Waals surface area contributed by atoms with E-state index < -0.39 is 11.2 Å². The van der Waals surface area contributed by atoms with Gasteiger partial charge in [-0.3, -0.25) is 14.3 Å². The van der Waals surface area contributed by atoms with Gasteiger partial charge in [0.2, 0.25) is 5.95 Å². The molecule has 164 valence electrons. The van der Waals surface area contributed by atoms with E-state index in [9.17, 15) is 9.59 Å². The molecule has 8 nitrogen and oxygen atoms in total. The van der Waals surface area contributed by atoms with Crippen LogP contribution in [0.5, 0.6) is 0 Å². The summed E-state index contributed by atoms with van der Waals surface area (Å²) in [6.45, 7) is 4.27.